The summed E-state index contributed by atoms with van der Waals surface area (Å²) in [5.74, 6) is 1.36. The molecule has 9 rings (SSSR count). The second-order valence-electron chi connectivity index (χ2n) is 12.5. The summed E-state index contributed by atoms with van der Waals surface area (Å²) in [6.07, 6.45) is 0. The predicted molar refractivity (Wildman–Crippen MR) is 206 cm³/mol. The third-order valence-electron chi connectivity index (χ3n) is 9.36. The van der Waals surface area contributed by atoms with Gasteiger partial charge in [-0.3, -0.25) is 0 Å². The summed E-state index contributed by atoms with van der Waals surface area (Å²) < 4.78 is 17.0. The summed E-state index contributed by atoms with van der Waals surface area (Å²) in [5.41, 5.74) is 9.43. The fourth-order valence-electron chi connectivity index (χ4n) is 6.93. The number of para-hydroxylation sites is 1. The van der Waals surface area contributed by atoms with E-state index < -0.39 is 0 Å². The fourth-order valence-corrected chi connectivity index (χ4v) is 6.93. The van der Waals surface area contributed by atoms with Gasteiger partial charge in [0, 0.05) is 33.0 Å². The summed E-state index contributed by atoms with van der Waals surface area (Å²) in [5, 5.41) is 12.0. The van der Waals surface area contributed by atoms with Gasteiger partial charge in [0.2, 0.25) is 0 Å². The number of nitrogens with zero attached hydrogens (tertiary/aromatic N) is 5. The zero-order valence-corrected chi connectivity index (χ0v) is 27.8. The molecule has 244 valence electrons. The summed E-state index contributed by atoms with van der Waals surface area (Å²) in [6, 6.07) is 57.2. The second kappa shape index (κ2) is 12.9. The zero-order valence-electron chi connectivity index (χ0n) is 27.8. The van der Waals surface area contributed by atoms with Gasteiger partial charge in [-0.2, -0.15) is 5.26 Å². The lowest BCUT2D eigenvalue weighted by atomic mass is 9.98. The number of halogens is 1. The molecule has 0 spiro atoms. The molecule has 0 N–H and O–H groups in total. The normalized spacial score (nSPS) is 11.2. The summed E-state index contributed by atoms with van der Waals surface area (Å²) in [6.45, 7) is 0. The highest BCUT2D eigenvalue weighted by atomic mass is 19.1. The Hall–Kier alpha value is -7.23. The molecule has 0 bridgehead atoms. The Morgan fingerprint density at radius 3 is 1.73 bits per heavy atom. The van der Waals surface area contributed by atoms with Crippen molar-refractivity contribution in [1.82, 2.24) is 19.5 Å². The number of rotatable bonds is 6. The predicted octanol–water partition coefficient (Wildman–Crippen LogP) is 11.3. The highest BCUT2D eigenvalue weighted by Crippen LogP contribution is 2.40. The first-order valence-corrected chi connectivity index (χ1v) is 16.9. The van der Waals surface area contributed by atoms with Gasteiger partial charge >= 0.3 is 0 Å². The maximum absolute atomic E-state index is 14.8. The monoisotopic (exact) mass is 669 g/mol. The van der Waals surface area contributed by atoms with Gasteiger partial charge in [0.05, 0.1) is 28.4 Å². The Kier molecular flexibility index (Phi) is 7.64. The summed E-state index contributed by atoms with van der Waals surface area (Å²) >= 11 is 0. The molecule has 0 saturated carbocycles. The van der Waals surface area contributed by atoms with Crippen LogP contribution in [0.1, 0.15) is 5.56 Å². The van der Waals surface area contributed by atoms with Gasteiger partial charge < -0.3 is 4.57 Å². The summed E-state index contributed by atoms with van der Waals surface area (Å²) in [7, 11) is 0. The third-order valence-corrected chi connectivity index (χ3v) is 9.36. The number of aromatic nitrogens is 4. The van der Waals surface area contributed by atoms with E-state index >= 15 is 0 Å². The average molecular weight is 670 g/mol. The number of nitriles is 1. The topological polar surface area (TPSA) is 67.4 Å². The molecule has 52 heavy (non-hydrogen) atoms. The van der Waals surface area contributed by atoms with Gasteiger partial charge in [-0.1, -0.05) is 127 Å². The van der Waals surface area contributed by atoms with Gasteiger partial charge in [-0.25, -0.2) is 19.3 Å². The van der Waals surface area contributed by atoms with E-state index in [2.05, 4.69) is 47.0 Å². The number of hydrogen-bond acceptors (Lipinski definition) is 4. The van der Waals surface area contributed by atoms with Crippen molar-refractivity contribution >= 4 is 21.8 Å². The maximum atomic E-state index is 14.8. The Bertz CT molecular complexity index is 2760. The molecule has 7 aromatic carbocycles. The lowest BCUT2D eigenvalue weighted by molar-refractivity contribution is 0.628. The molecule has 2 aromatic heterocycles. The zero-order chi connectivity index (χ0) is 35.0. The summed E-state index contributed by atoms with van der Waals surface area (Å²) in [4.78, 5) is 14.9. The van der Waals surface area contributed by atoms with Crippen LogP contribution in [0, 0.1) is 17.1 Å². The van der Waals surface area contributed by atoms with E-state index in [1.807, 2.05) is 115 Å². The highest BCUT2D eigenvalue weighted by Gasteiger charge is 2.20. The molecular weight excluding hydrogens is 642 g/mol. The van der Waals surface area contributed by atoms with Crippen LogP contribution in [-0.4, -0.2) is 19.5 Å². The van der Waals surface area contributed by atoms with Crippen LogP contribution in [0.15, 0.2) is 170 Å². The molecule has 0 aliphatic rings. The number of benzene rings is 7. The quantitative estimate of drug-likeness (QED) is 0.177. The van der Waals surface area contributed by atoms with Gasteiger partial charge in [0.1, 0.15) is 5.82 Å². The molecule has 0 atom stereocenters. The molecule has 0 radical (unpaired) electrons. The Morgan fingerprint density at radius 1 is 0.442 bits per heavy atom. The number of fused-ring (bicyclic) bond motifs is 3. The third kappa shape index (κ3) is 5.47. The molecule has 0 amide bonds. The lowest BCUT2D eigenvalue weighted by Crippen LogP contribution is -2.02. The van der Waals surface area contributed by atoms with Crippen molar-refractivity contribution in [2.24, 2.45) is 0 Å². The smallest absolute Gasteiger partial charge is 0.164 e. The van der Waals surface area contributed by atoms with Crippen molar-refractivity contribution in [2.45, 2.75) is 0 Å². The van der Waals surface area contributed by atoms with E-state index in [0.29, 0.717) is 23.0 Å². The number of hydrogen-bond donors (Lipinski definition) is 0. The Morgan fingerprint density at radius 2 is 1.02 bits per heavy atom. The van der Waals surface area contributed by atoms with Crippen LogP contribution in [0.3, 0.4) is 0 Å². The minimum Gasteiger partial charge on any atom is -0.309 e. The fraction of sp³-hybridized carbons (Fsp3) is 0. The van der Waals surface area contributed by atoms with E-state index in [1.165, 1.54) is 6.07 Å². The van der Waals surface area contributed by atoms with Crippen molar-refractivity contribution < 1.29 is 4.39 Å². The second-order valence-corrected chi connectivity index (χ2v) is 12.5. The molecule has 0 saturated heterocycles. The largest absolute Gasteiger partial charge is 0.309 e. The molecule has 0 aliphatic carbocycles. The van der Waals surface area contributed by atoms with Crippen LogP contribution in [0.25, 0.3) is 83.9 Å². The van der Waals surface area contributed by atoms with Crippen molar-refractivity contribution in [3.63, 3.8) is 0 Å². The average Bonchev–Trinajstić information content (AvgIpc) is 3.54. The van der Waals surface area contributed by atoms with Crippen LogP contribution in [-0.2, 0) is 0 Å². The van der Waals surface area contributed by atoms with Crippen molar-refractivity contribution in [2.75, 3.05) is 0 Å². The molecule has 6 heteroatoms. The Labute approximate surface area is 299 Å². The first kappa shape index (κ1) is 30.8. The molecule has 5 nitrogen and oxygen atoms in total. The molecule has 0 aliphatic heterocycles. The lowest BCUT2D eigenvalue weighted by Gasteiger charge is -2.16. The molecular formula is C46H28FN5. The molecule has 2 heterocycles. The Balaban J connectivity index is 1.31. The van der Waals surface area contributed by atoms with Gasteiger partial charge in [0.15, 0.2) is 17.5 Å². The van der Waals surface area contributed by atoms with Crippen LogP contribution < -0.4 is 0 Å². The first-order valence-electron chi connectivity index (χ1n) is 16.9. The standard InChI is InChI=1S/C46H28FN5/c47-36-18-11-17-32(26-36)38-24-22-34(46-50-44(30-12-3-1-4-13-30)49-45(51-46)31-14-5-2-6-15-31)28-43(38)52-41-21-10-9-20-39(41)40-27-33(23-25-42(40)52)37-19-8-7-16-35(37)29-48/h1-28H. The van der Waals surface area contributed by atoms with Crippen LogP contribution in [0.4, 0.5) is 4.39 Å². The SMILES string of the molecule is N#Cc1ccccc1-c1ccc2c(c1)c1ccccc1n2-c1cc(-c2nc(-c3ccccc3)nc(-c3ccccc3)n2)ccc1-c1cccc(F)c1. The van der Waals surface area contributed by atoms with Crippen molar-refractivity contribution in [3.8, 4) is 68.2 Å². The van der Waals surface area contributed by atoms with Gasteiger partial charge in [-0.05, 0) is 59.2 Å². The first-order chi connectivity index (χ1) is 25.6. The van der Waals surface area contributed by atoms with E-state index in [4.69, 9.17) is 15.0 Å². The maximum Gasteiger partial charge on any atom is 0.164 e. The minimum atomic E-state index is -0.312. The van der Waals surface area contributed by atoms with Gasteiger partial charge in [-0.15, -0.1) is 0 Å². The van der Waals surface area contributed by atoms with Crippen LogP contribution in [0.5, 0.6) is 0 Å². The van der Waals surface area contributed by atoms with Crippen LogP contribution in [0.2, 0.25) is 0 Å². The molecule has 0 unspecified atom stereocenters. The van der Waals surface area contributed by atoms with Gasteiger partial charge in [0.25, 0.3) is 0 Å². The van der Waals surface area contributed by atoms with Crippen molar-refractivity contribution in [1.29, 1.82) is 5.26 Å². The van der Waals surface area contributed by atoms with E-state index in [-0.39, 0.29) is 5.82 Å². The highest BCUT2D eigenvalue weighted by molar-refractivity contribution is 6.11. The molecule has 9 aromatic rings. The minimum absolute atomic E-state index is 0.312. The van der Waals surface area contributed by atoms with E-state index in [1.54, 1.807) is 12.1 Å². The van der Waals surface area contributed by atoms with Crippen molar-refractivity contribution in [3.05, 3.63) is 181 Å². The van der Waals surface area contributed by atoms with Crippen LogP contribution >= 0.6 is 0 Å². The molecule has 0 fully saturated rings. The van der Waals surface area contributed by atoms with E-state index in [0.717, 1.165) is 66.4 Å². The van der Waals surface area contributed by atoms with E-state index in [9.17, 15) is 9.65 Å².